The molecule has 1 aliphatic heterocycles. The van der Waals surface area contributed by atoms with Gasteiger partial charge in [0.2, 0.25) is 11.9 Å². The van der Waals surface area contributed by atoms with Crippen molar-refractivity contribution >= 4 is 34.5 Å². The van der Waals surface area contributed by atoms with Gasteiger partial charge in [0, 0.05) is 59.1 Å². The molecule has 1 aliphatic rings. The van der Waals surface area contributed by atoms with Crippen LogP contribution in [0.4, 0.5) is 5.95 Å². The third-order valence-electron chi connectivity index (χ3n) is 6.09. The summed E-state index contributed by atoms with van der Waals surface area (Å²) in [4.78, 5) is 44.0. The van der Waals surface area contributed by atoms with Crippen molar-refractivity contribution in [2.75, 3.05) is 25.5 Å². The van der Waals surface area contributed by atoms with Crippen LogP contribution in [0.25, 0.3) is 33.4 Å². The van der Waals surface area contributed by atoms with Gasteiger partial charge in [-0.15, -0.1) is 0 Å². The van der Waals surface area contributed by atoms with Crippen molar-refractivity contribution in [2.45, 2.75) is 25.9 Å². The second-order valence-electron chi connectivity index (χ2n) is 8.67. The van der Waals surface area contributed by atoms with Crippen molar-refractivity contribution in [2.24, 2.45) is 0 Å². The smallest absolute Gasteiger partial charge is 0.260 e. The summed E-state index contributed by atoms with van der Waals surface area (Å²) in [5.41, 5.74) is 3.15. The summed E-state index contributed by atoms with van der Waals surface area (Å²) in [6.45, 7) is 3.25. The highest BCUT2D eigenvalue weighted by Gasteiger charge is 2.20. The summed E-state index contributed by atoms with van der Waals surface area (Å²) in [5, 5.41) is 10.1. The number of anilines is 1. The Morgan fingerprint density at radius 1 is 1.19 bits per heavy atom. The normalized spacial score (nSPS) is 15.2. The summed E-state index contributed by atoms with van der Waals surface area (Å²) in [6.07, 6.45) is 5.81. The van der Waals surface area contributed by atoms with Crippen LogP contribution in [0, 0.1) is 6.92 Å². The highest BCUT2D eigenvalue weighted by Crippen LogP contribution is 2.31. The Morgan fingerprint density at radius 2 is 2.06 bits per heavy atom. The highest BCUT2D eigenvalue weighted by atomic mass is 35.5. The van der Waals surface area contributed by atoms with Crippen molar-refractivity contribution < 1.29 is 4.79 Å². The molecule has 1 aromatic carbocycles. The topological polar surface area (TPSA) is 127 Å². The first-order chi connectivity index (χ1) is 17.4. The average molecular weight is 505 g/mol. The summed E-state index contributed by atoms with van der Waals surface area (Å²) in [6, 6.07) is 7.13. The summed E-state index contributed by atoms with van der Waals surface area (Å²) in [7, 11) is 1.69. The van der Waals surface area contributed by atoms with E-state index in [0.717, 1.165) is 24.2 Å². The van der Waals surface area contributed by atoms with Crippen LogP contribution in [-0.4, -0.2) is 56.6 Å². The van der Waals surface area contributed by atoms with Crippen LogP contribution in [0.2, 0.25) is 5.02 Å². The number of nitrogens with one attached hydrogen (secondary N) is 3. The molecule has 5 rings (SSSR count). The molecule has 3 N–H and O–H groups in total. The van der Waals surface area contributed by atoms with Crippen molar-refractivity contribution in [1.82, 2.24) is 35.1 Å². The molecule has 4 aromatic rings. The molecule has 1 atom stereocenters. The fraction of sp³-hybridized carbons (Fsp3) is 0.280. The van der Waals surface area contributed by atoms with E-state index >= 15 is 0 Å². The lowest BCUT2D eigenvalue weighted by Gasteiger charge is -2.16. The standard InChI is InChI=1S/C25H25ClN8O2/c1-14-9-29-12-21(31-14)15-3-4-18(20(26)8-15)19-7-16-10-30-25(27-2)33-23(16)34(24(19)36)13-22(35)32-17-5-6-28-11-17/h3-4,7-10,12,17,28H,5-6,11,13H2,1-2H3,(H,32,35)(H,27,30,33)/t17-/m1/s1. The predicted molar refractivity (Wildman–Crippen MR) is 139 cm³/mol. The zero-order chi connectivity index (χ0) is 25.2. The van der Waals surface area contributed by atoms with E-state index in [1.807, 2.05) is 13.0 Å². The minimum absolute atomic E-state index is 0.0388. The molecule has 0 saturated carbocycles. The molecule has 1 fully saturated rings. The molecule has 4 heterocycles. The highest BCUT2D eigenvalue weighted by molar-refractivity contribution is 6.33. The number of carbonyl (C=O) groups is 1. The van der Waals surface area contributed by atoms with Gasteiger partial charge in [0.1, 0.15) is 12.2 Å². The van der Waals surface area contributed by atoms with Gasteiger partial charge in [-0.2, -0.15) is 4.98 Å². The van der Waals surface area contributed by atoms with E-state index in [0.29, 0.717) is 45.4 Å². The molecule has 36 heavy (non-hydrogen) atoms. The summed E-state index contributed by atoms with van der Waals surface area (Å²) in [5.74, 6) is 0.0961. The van der Waals surface area contributed by atoms with Gasteiger partial charge in [-0.1, -0.05) is 23.7 Å². The van der Waals surface area contributed by atoms with E-state index in [1.165, 1.54) is 4.57 Å². The number of amides is 1. The van der Waals surface area contributed by atoms with E-state index in [2.05, 4.69) is 35.9 Å². The van der Waals surface area contributed by atoms with Gasteiger partial charge in [-0.05, 0) is 32.0 Å². The fourth-order valence-electron chi connectivity index (χ4n) is 4.31. The van der Waals surface area contributed by atoms with Gasteiger partial charge in [-0.3, -0.25) is 19.1 Å². The van der Waals surface area contributed by atoms with Crippen molar-refractivity contribution in [3.63, 3.8) is 0 Å². The molecular weight excluding hydrogens is 480 g/mol. The SMILES string of the molecule is CNc1ncc2cc(-c3ccc(-c4cncc(C)n4)cc3Cl)c(=O)n(CC(=O)N[C@@H]3CCNC3)c2n1. The Labute approximate surface area is 212 Å². The average Bonchev–Trinajstić information content (AvgIpc) is 3.38. The fourth-order valence-corrected chi connectivity index (χ4v) is 4.59. The number of aryl methyl sites for hydroxylation is 1. The minimum Gasteiger partial charge on any atom is -0.357 e. The number of aromatic nitrogens is 5. The second kappa shape index (κ2) is 10.00. The minimum atomic E-state index is -0.368. The summed E-state index contributed by atoms with van der Waals surface area (Å²) < 4.78 is 1.38. The molecule has 1 saturated heterocycles. The zero-order valence-corrected chi connectivity index (χ0v) is 20.6. The van der Waals surface area contributed by atoms with Gasteiger partial charge in [0.15, 0.2) is 0 Å². The zero-order valence-electron chi connectivity index (χ0n) is 19.9. The van der Waals surface area contributed by atoms with Crippen LogP contribution in [0.5, 0.6) is 0 Å². The maximum atomic E-state index is 13.7. The van der Waals surface area contributed by atoms with Crippen LogP contribution in [0.3, 0.4) is 0 Å². The Balaban J connectivity index is 1.59. The molecule has 184 valence electrons. The third kappa shape index (κ3) is 4.77. The monoisotopic (exact) mass is 504 g/mol. The van der Waals surface area contributed by atoms with Gasteiger partial charge in [0.25, 0.3) is 5.56 Å². The lowest BCUT2D eigenvalue weighted by molar-refractivity contribution is -0.122. The van der Waals surface area contributed by atoms with Gasteiger partial charge < -0.3 is 16.0 Å². The van der Waals surface area contributed by atoms with E-state index < -0.39 is 0 Å². The Kier molecular flexibility index (Phi) is 6.62. The van der Waals surface area contributed by atoms with Crippen LogP contribution in [-0.2, 0) is 11.3 Å². The first-order valence-corrected chi connectivity index (χ1v) is 12.0. The quantitative estimate of drug-likeness (QED) is 0.365. The molecule has 1 amide bonds. The van der Waals surface area contributed by atoms with E-state index in [1.54, 1.807) is 43.8 Å². The largest absolute Gasteiger partial charge is 0.357 e. The number of pyridine rings is 1. The van der Waals surface area contributed by atoms with Crippen molar-refractivity contribution in [1.29, 1.82) is 0 Å². The van der Waals surface area contributed by atoms with Crippen molar-refractivity contribution in [3.8, 4) is 22.4 Å². The number of halogens is 1. The number of benzene rings is 1. The number of hydrogen-bond donors (Lipinski definition) is 3. The Morgan fingerprint density at radius 3 is 2.78 bits per heavy atom. The number of carbonyl (C=O) groups excluding carboxylic acids is 1. The number of fused-ring (bicyclic) bond motifs is 1. The second-order valence-corrected chi connectivity index (χ2v) is 9.08. The van der Waals surface area contributed by atoms with E-state index in [4.69, 9.17) is 11.6 Å². The predicted octanol–water partition coefficient (Wildman–Crippen LogP) is 2.40. The first-order valence-electron chi connectivity index (χ1n) is 11.6. The summed E-state index contributed by atoms with van der Waals surface area (Å²) >= 11 is 6.67. The lowest BCUT2D eigenvalue weighted by atomic mass is 10.0. The van der Waals surface area contributed by atoms with Gasteiger partial charge in [-0.25, -0.2) is 9.97 Å². The van der Waals surface area contributed by atoms with Gasteiger partial charge in [0.05, 0.1) is 17.6 Å². The molecule has 0 aliphatic carbocycles. The van der Waals surface area contributed by atoms with Crippen LogP contribution < -0.4 is 21.5 Å². The molecule has 3 aromatic heterocycles. The van der Waals surface area contributed by atoms with E-state index in [9.17, 15) is 9.59 Å². The van der Waals surface area contributed by atoms with E-state index in [-0.39, 0.29) is 24.1 Å². The molecule has 11 heteroatoms. The third-order valence-corrected chi connectivity index (χ3v) is 6.40. The number of nitrogens with zero attached hydrogens (tertiary/aromatic N) is 5. The maximum Gasteiger partial charge on any atom is 0.260 e. The Hall–Kier alpha value is -3.89. The molecular formula is C25H25ClN8O2. The lowest BCUT2D eigenvalue weighted by Crippen LogP contribution is -2.40. The molecule has 0 radical (unpaired) electrons. The first kappa shape index (κ1) is 23.8. The number of hydrogen-bond acceptors (Lipinski definition) is 8. The van der Waals surface area contributed by atoms with Crippen LogP contribution in [0.1, 0.15) is 12.1 Å². The molecule has 0 bridgehead atoms. The van der Waals surface area contributed by atoms with Gasteiger partial charge >= 0.3 is 0 Å². The Bertz CT molecular complexity index is 1510. The number of rotatable bonds is 6. The molecule has 0 spiro atoms. The van der Waals surface area contributed by atoms with Crippen LogP contribution >= 0.6 is 11.6 Å². The molecule has 0 unspecified atom stereocenters. The van der Waals surface area contributed by atoms with Crippen molar-refractivity contribution in [3.05, 3.63) is 63.9 Å². The van der Waals surface area contributed by atoms with Crippen LogP contribution in [0.15, 0.2) is 47.7 Å². The molecule has 10 nitrogen and oxygen atoms in total. The maximum absolute atomic E-state index is 13.7.